The monoisotopic (exact) mass is 260 g/mol. The van der Waals surface area contributed by atoms with Crippen LogP contribution in [0.2, 0.25) is 0 Å². The minimum atomic E-state index is -1.06. The molecule has 0 aliphatic heterocycles. The van der Waals surface area contributed by atoms with E-state index >= 15 is 0 Å². The Labute approximate surface area is 106 Å². The number of rotatable bonds is 6. The summed E-state index contributed by atoms with van der Waals surface area (Å²) in [6.45, 7) is 3.26. The molecule has 0 saturated heterocycles. The normalized spacial score (nSPS) is 26.5. The molecule has 0 aromatic rings. The van der Waals surface area contributed by atoms with Crippen LogP contribution in [0.3, 0.4) is 0 Å². The van der Waals surface area contributed by atoms with Gasteiger partial charge in [-0.2, -0.15) is 0 Å². The largest absolute Gasteiger partial charge is 0.355 e. The molecule has 1 fully saturated rings. The number of nitrogens with two attached hydrogens (primary N) is 1. The summed E-state index contributed by atoms with van der Waals surface area (Å²) in [4.78, 5) is 11.5. The quantitative estimate of drug-likeness (QED) is 0.741. The summed E-state index contributed by atoms with van der Waals surface area (Å²) in [7, 11) is -1.06. The van der Waals surface area contributed by atoms with Crippen LogP contribution in [0.4, 0.5) is 0 Å². The van der Waals surface area contributed by atoms with Crippen molar-refractivity contribution in [2.45, 2.75) is 44.3 Å². The minimum Gasteiger partial charge on any atom is -0.355 e. The molecule has 1 saturated carbocycles. The molecule has 0 aromatic carbocycles. The van der Waals surface area contributed by atoms with Crippen LogP contribution in [0.15, 0.2) is 0 Å². The lowest BCUT2D eigenvalue weighted by atomic mass is 9.89. The summed E-state index contributed by atoms with van der Waals surface area (Å²) < 4.78 is 12.1. The maximum Gasteiger partial charge on any atom is 0.232 e. The van der Waals surface area contributed by atoms with E-state index in [1.165, 1.54) is 6.42 Å². The molecular weight excluding hydrogens is 236 g/mol. The zero-order valence-corrected chi connectivity index (χ0v) is 11.4. The fraction of sp³-hybridized carbons (Fsp3) is 0.917. The second kappa shape index (κ2) is 7.82. The fourth-order valence-electron chi connectivity index (χ4n) is 2.34. The van der Waals surface area contributed by atoms with Crippen molar-refractivity contribution in [2.24, 2.45) is 11.7 Å². The summed E-state index contributed by atoms with van der Waals surface area (Å²) in [5, 5.41) is 2.90. The van der Waals surface area contributed by atoms with Crippen LogP contribution < -0.4 is 11.1 Å². The first-order valence-corrected chi connectivity index (χ1v) is 7.91. The van der Waals surface area contributed by atoms with Crippen LogP contribution in [-0.4, -0.2) is 34.2 Å². The highest BCUT2D eigenvalue weighted by Crippen LogP contribution is 2.27. The molecule has 3 atom stereocenters. The van der Waals surface area contributed by atoms with E-state index in [2.05, 4.69) is 5.32 Å². The van der Waals surface area contributed by atoms with E-state index in [9.17, 15) is 9.00 Å². The Kier molecular flexibility index (Phi) is 6.73. The molecule has 3 N–H and O–H groups in total. The Morgan fingerprint density at radius 2 is 2.12 bits per heavy atom. The van der Waals surface area contributed by atoms with E-state index in [-0.39, 0.29) is 16.9 Å². The Bertz CT molecular complexity index is 271. The number of hydrogen-bond donors (Lipinski definition) is 2. The molecule has 1 rings (SSSR count). The van der Waals surface area contributed by atoms with Gasteiger partial charge in [-0.1, -0.05) is 19.8 Å². The van der Waals surface area contributed by atoms with E-state index in [1.807, 2.05) is 6.92 Å². The summed E-state index contributed by atoms with van der Waals surface area (Å²) in [5.41, 5.74) is 5.71. The number of nitrogens with one attached hydrogen (secondary N) is 1. The Hall–Kier alpha value is -0.420. The molecule has 3 unspecified atom stereocenters. The van der Waals surface area contributed by atoms with E-state index in [4.69, 9.17) is 5.73 Å². The van der Waals surface area contributed by atoms with Gasteiger partial charge in [-0.15, -0.1) is 0 Å². The summed E-state index contributed by atoms with van der Waals surface area (Å²) in [6, 6.07) is 0. The molecule has 100 valence electrons. The van der Waals surface area contributed by atoms with Gasteiger partial charge in [0.15, 0.2) is 0 Å². The predicted octanol–water partition coefficient (Wildman–Crippen LogP) is 0.779. The average molecular weight is 260 g/mol. The van der Waals surface area contributed by atoms with E-state index in [0.29, 0.717) is 19.0 Å². The van der Waals surface area contributed by atoms with Crippen molar-refractivity contribution in [1.29, 1.82) is 0 Å². The van der Waals surface area contributed by atoms with E-state index < -0.39 is 10.8 Å². The first kappa shape index (κ1) is 14.6. The van der Waals surface area contributed by atoms with Gasteiger partial charge in [-0.3, -0.25) is 9.00 Å². The molecule has 5 heteroatoms. The van der Waals surface area contributed by atoms with E-state index in [1.54, 1.807) is 0 Å². The van der Waals surface area contributed by atoms with Crippen molar-refractivity contribution >= 4 is 16.7 Å². The zero-order chi connectivity index (χ0) is 12.7. The molecule has 1 amide bonds. The minimum absolute atomic E-state index is 0.0912. The lowest BCUT2D eigenvalue weighted by Crippen LogP contribution is -2.38. The first-order chi connectivity index (χ1) is 8.19. The standard InChI is InChI=1S/C12H24N2O2S/c1-2-7-14-12(15)9-17(16)11-6-4-3-5-10(11)8-13/h10-11H,2-9,13H2,1H3,(H,14,15). The van der Waals surface area contributed by atoms with Crippen LogP contribution >= 0.6 is 0 Å². The van der Waals surface area contributed by atoms with Crippen LogP contribution in [0.5, 0.6) is 0 Å². The maximum absolute atomic E-state index is 12.1. The van der Waals surface area contributed by atoms with E-state index in [0.717, 1.165) is 25.7 Å². The molecule has 1 aliphatic carbocycles. The van der Waals surface area contributed by atoms with Crippen molar-refractivity contribution < 1.29 is 9.00 Å². The number of amides is 1. The molecule has 0 spiro atoms. The molecule has 1 aliphatic rings. The van der Waals surface area contributed by atoms with Gasteiger partial charge in [-0.05, 0) is 31.7 Å². The number of hydrogen-bond acceptors (Lipinski definition) is 3. The summed E-state index contributed by atoms with van der Waals surface area (Å²) >= 11 is 0. The SMILES string of the molecule is CCCNC(=O)CS(=O)C1CCCCC1CN. The average Bonchev–Trinajstić information content (AvgIpc) is 2.36. The van der Waals surface area contributed by atoms with Crippen LogP contribution in [-0.2, 0) is 15.6 Å². The highest BCUT2D eigenvalue weighted by molar-refractivity contribution is 7.86. The topological polar surface area (TPSA) is 72.2 Å². The lowest BCUT2D eigenvalue weighted by molar-refractivity contribution is -0.118. The van der Waals surface area contributed by atoms with Crippen molar-refractivity contribution in [3.63, 3.8) is 0 Å². The summed E-state index contributed by atoms with van der Waals surface area (Å²) in [5.74, 6) is 0.385. The Morgan fingerprint density at radius 1 is 1.41 bits per heavy atom. The van der Waals surface area contributed by atoms with Gasteiger partial charge in [0.2, 0.25) is 5.91 Å². The number of carbonyl (C=O) groups is 1. The van der Waals surface area contributed by atoms with Crippen molar-refractivity contribution in [1.82, 2.24) is 5.32 Å². The van der Waals surface area contributed by atoms with Crippen molar-refractivity contribution in [3.05, 3.63) is 0 Å². The third kappa shape index (κ3) is 4.76. The molecule has 4 nitrogen and oxygen atoms in total. The third-order valence-corrected chi connectivity index (χ3v) is 5.17. The smallest absolute Gasteiger partial charge is 0.232 e. The molecule has 0 heterocycles. The Balaban J connectivity index is 2.42. The third-order valence-electron chi connectivity index (χ3n) is 3.33. The van der Waals surface area contributed by atoms with Gasteiger partial charge in [-0.25, -0.2) is 0 Å². The van der Waals surface area contributed by atoms with Crippen molar-refractivity contribution in [2.75, 3.05) is 18.8 Å². The maximum atomic E-state index is 12.1. The fourth-order valence-corrected chi connectivity index (χ4v) is 4.02. The van der Waals surface area contributed by atoms with Gasteiger partial charge in [0.1, 0.15) is 5.75 Å². The molecule has 0 aromatic heterocycles. The highest BCUT2D eigenvalue weighted by atomic mass is 32.2. The van der Waals surface area contributed by atoms with Crippen LogP contribution in [0.1, 0.15) is 39.0 Å². The molecular formula is C12H24N2O2S. The summed E-state index contributed by atoms with van der Waals surface area (Å²) in [6.07, 6.45) is 5.22. The molecule has 17 heavy (non-hydrogen) atoms. The van der Waals surface area contributed by atoms with Crippen LogP contribution in [0.25, 0.3) is 0 Å². The van der Waals surface area contributed by atoms with Gasteiger partial charge in [0.05, 0.1) is 0 Å². The number of carbonyl (C=O) groups excluding carboxylic acids is 1. The van der Waals surface area contributed by atoms with Crippen LogP contribution in [0, 0.1) is 5.92 Å². The lowest BCUT2D eigenvalue weighted by Gasteiger charge is -2.29. The van der Waals surface area contributed by atoms with Crippen molar-refractivity contribution in [3.8, 4) is 0 Å². The Morgan fingerprint density at radius 3 is 2.76 bits per heavy atom. The molecule has 0 bridgehead atoms. The van der Waals surface area contributed by atoms with Gasteiger partial charge in [0.25, 0.3) is 0 Å². The van der Waals surface area contributed by atoms with Gasteiger partial charge in [0, 0.05) is 22.6 Å². The molecule has 0 radical (unpaired) electrons. The highest BCUT2D eigenvalue weighted by Gasteiger charge is 2.29. The predicted molar refractivity (Wildman–Crippen MR) is 71.1 cm³/mol. The zero-order valence-electron chi connectivity index (χ0n) is 10.6. The first-order valence-electron chi connectivity index (χ1n) is 6.53. The van der Waals surface area contributed by atoms with Gasteiger partial charge >= 0.3 is 0 Å². The second-order valence-electron chi connectivity index (χ2n) is 4.69. The second-order valence-corrected chi connectivity index (χ2v) is 6.35. The van der Waals surface area contributed by atoms with Gasteiger partial charge < -0.3 is 11.1 Å².